The molecule has 1 aliphatic heterocycles. The zero-order chi connectivity index (χ0) is 17.0. The van der Waals surface area contributed by atoms with Crippen LogP contribution in [-0.4, -0.2) is 47.8 Å². The largest absolute Gasteiger partial charge is 0.341 e. The molecule has 2 amide bonds. The van der Waals surface area contributed by atoms with Crippen molar-refractivity contribution in [3.63, 3.8) is 0 Å². The number of nitrogens with zero attached hydrogens (tertiary/aromatic N) is 2. The summed E-state index contributed by atoms with van der Waals surface area (Å²) in [6.45, 7) is 7.69. The van der Waals surface area contributed by atoms with E-state index in [-0.39, 0.29) is 17.6 Å². The molecule has 126 valence electrons. The maximum atomic E-state index is 14.1. The summed E-state index contributed by atoms with van der Waals surface area (Å²) in [5.41, 5.74) is -0.509. The highest BCUT2D eigenvalue weighted by molar-refractivity contribution is 5.87. The topological polar surface area (TPSA) is 40.6 Å². The van der Waals surface area contributed by atoms with E-state index in [9.17, 15) is 14.0 Å². The van der Waals surface area contributed by atoms with Gasteiger partial charge in [0.25, 0.3) is 0 Å². The van der Waals surface area contributed by atoms with Crippen LogP contribution >= 0.6 is 0 Å². The minimum absolute atomic E-state index is 0.0894. The molecule has 1 aliphatic rings. The van der Waals surface area contributed by atoms with Gasteiger partial charge in [-0.15, -0.1) is 0 Å². The van der Waals surface area contributed by atoms with Crippen LogP contribution in [0.3, 0.4) is 0 Å². The van der Waals surface area contributed by atoms with Crippen LogP contribution in [0.15, 0.2) is 24.3 Å². The van der Waals surface area contributed by atoms with Crippen LogP contribution < -0.4 is 0 Å². The Morgan fingerprint density at radius 3 is 2.35 bits per heavy atom. The molecule has 2 rings (SSSR count). The van der Waals surface area contributed by atoms with Crippen LogP contribution in [0.25, 0.3) is 0 Å². The molecule has 0 aromatic heterocycles. The average molecular weight is 320 g/mol. The van der Waals surface area contributed by atoms with E-state index in [1.165, 1.54) is 6.07 Å². The van der Waals surface area contributed by atoms with Crippen molar-refractivity contribution in [1.82, 2.24) is 9.80 Å². The Hall–Kier alpha value is -1.91. The molecule has 1 saturated heterocycles. The summed E-state index contributed by atoms with van der Waals surface area (Å²) in [6, 6.07) is 6.42. The summed E-state index contributed by atoms with van der Waals surface area (Å²) < 4.78 is 14.1. The van der Waals surface area contributed by atoms with Crippen molar-refractivity contribution in [1.29, 1.82) is 0 Å². The fraction of sp³-hybridized carbons (Fsp3) is 0.556. The maximum Gasteiger partial charge on any atom is 0.232 e. The first-order valence-electron chi connectivity index (χ1n) is 8.20. The lowest BCUT2D eigenvalue weighted by Crippen LogP contribution is -2.45. The van der Waals surface area contributed by atoms with E-state index < -0.39 is 5.41 Å². The predicted molar refractivity (Wildman–Crippen MR) is 87.5 cm³/mol. The highest BCUT2D eigenvalue weighted by atomic mass is 19.1. The van der Waals surface area contributed by atoms with Gasteiger partial charge in [-0.1, -0.05) is 25.1 Å². The summed E-state index contributed by atoms with van der Waals surface area (Å²) in [6.07, 6.45) is 1.24. The molecule has 1 heterocycles. The number of carbonyl (C=O) groups is 2. The van der Waals surface area contributed by atoms with Crippen LogP contribution in [0.1, 0.15) is 39.2 Å². The number of rotatable bonds is 3. The van der Waals surface area contributed by atoms with Crippen LogP contribution in [0.4, 0.5) is 4.39 Å². The highest BCUT2D eigenvalue weighted by Gasteiger charge is 2.36. The quantitative estimate of drug-likeness (QED) is 0.859. The molecule has 23 heavy (non-hydrogen) atoms. The Kier molecular flexibility index (Phi) is 5.39. The standard InChI is InChI=1S/C18H25FN2O2/c1-4-16(22)20-10-7-11-21(13-12-20)17(23)18(2,3)14-8-5-6-9-15(14)19/h5-6,8-9H,4,7,10-13H2,1-3H3. The van der Waals surface area contributed by atoms with Gasteiger partial charge in [0, 0.05) is 38.2 Å². The molecule has 0 aliphatic carbocycles. The minimum atomic E-state index is -0.921. The van der Waals surface area contributed by atoms with Gasteiger partial charge in [-0.3, -0.25) is 9.59 Å². The lowest BCUT2D eigenvalue weighted by atomic mass is 9.82. The Balaban J connectivity index is 2.13. The van der Waals surface area contributed by atoms with Crippen molar-refractivity contribution >= 4 is 11.8 Å². The van der Waals surface area contributed by atoms with Gasteiger partial charge >= 0.3 is 0 Å². The van der Waals surface area contributed by atoms with E-state index in [0.29, 0.717) is 38.2 Å². The predicted octanol–water partition coefficient (Wildman–Crippen LogP) is 2.57. The normalized spacial score (nSPS) is 16.2. The Bertz CT molecular complexity index is 586. The fourth-order valence-electron chi connectivity index (χ4n) is 3.07. The first-order chi connectivity index (χ1) is 10.9. The molecular formula is C18H25FN2O2. The number of carbonyl (C=O) groups excluding carboxylic acids is 2. The van der Waals surface area contributed by atoms with Crippen molar-refractivity contribution in [3.8, 4) is 0 Å². The number of hydrogen-bond acceptors (Lipinski definition) is 2. The van der Waals surface area contributed by atoms with Gasteiger partial charge in [0.2, 0.25) is 11.8 Å². The van der Waals surface area contributed by atoms with Gasteiger partial charge in [-0.25, -0.2) is 4.39 Å². The lowest BCUT2D eigenvalue weighted by molar-refractivity contribution is -0.137. The van der Waals surface area contributed by atoms with Gasteiger partial charge in [0.15, 0.2) is 0 Å². The van der Waals surface area contributed by atoms with E-state index in [1.807, 2.05) is 11.8 Å². The number of halogens is 1. The second kappa shape index (κ2) is 7.11. The Labute approximate surface area is 137 Å². The molecular weight excluding hydrogens is 295 g/mol. The molecule has 0 bridgehead atoms. The molecule has 0 spiro atoms. The third-order valence-electron chi connectivity index (χ3n) is 4.52. The molecule has 0 unspecified atom stereocenters. The average Bonchev–Trinajstić information content (AvgIpc) is 2.79. The molecule has 5 heteroatoms. The lowest BCUT2D eigenvalue weighted by Gasteiger charge is -2.32. The second-order valence-electron chi connectivity index (χ2n) is 6.48. The molecule has 1 aromatic rings. The monoisotopic (exact) mass is 320 g/mol. The summed E-state index contributed by atoms with van der Waals surface area (Å²) in [5.74, 6) is -0.329. The fourth-order valence-corrected chi connectivity index (χ4v) is 3.07. The van der Waals surface area contributed by atoms with Gasteiger partial charge < -0.3 is 9.80 Å². The van der Waals surface area contributed by atoms with Crippen molar-refractivity contribution < 1.29 is 14.0 Å². The number of hydrogen-bond donors (Lipinski definition) is 0. The molecule has 0 atom stereocenters. The van der Waals surface area contributed by atoms with E-state index in [4.69, 9.17) is 0 Å². The first kappa shape index (κ1) is 17.4. The van der Waals surface area contributed by atoms with Crippen molar-refractivity contribution in [3.05, 3.63) is 35.6 Å². The molecule has 0 radical (unpaired) electrons. The van der Waals surface area contributed by atoms with Gasteiger partial charge in [-0.05, 0) is 26.3 Å². The third-order valence-corrected chi connectivity index (χ3v) is 4.52. The van der Waals surface area contributed by atoms with E-state index >= 15 is 0 Å². The van der Waals surface area contributed by atoms with Gasteiger partial charge in [-0.2, -0.15) is 0 Å². The summed E-state index contributed by atoms with van der Waals surface area (Å²) in [5, 5.41) is 0. The number of benzene rings is 1. The minimum Gasteiger partial charge on any atom is -0.341 e. The molecule has 1 aromatic carbocycles. The summed E-state index contributed by atoms with van der Waals surface area (Å²) >= 11 is 0. The van der Waals surface area contributed by atoms with Gasteiger partial charge in [0.1, 0.15) is 5.82 Å². The van der Waals surface area contributed by atoms with E-state index in [1.54, 1.807) is 36.9 Å². The molecule has 0 saturated carbocycles. The zero-order valence-electron chi connectivity index (χ0n) is 14.1. The van der Waals surface area contributed by atoms with Crippen LogP contribution in [-0.2, 0) is 15.0 Å². The van der Waals surface area contributed by atoms with Crippen LogP contribution in [0, 0.1) is 5.82 Å². The first-order valence-corrected chi connectivity index (χ1v) is 8.20. The van der Waals surface area contributed by atoms with Crippen LogP contribution in [0.5, 0.6) is 0 Å². The van der Waals surface area contributed by atoms with Crippen molar-refractivity contribution in [2.24, 2.45) is 0 Å². The molecule has 0 N–H and O–H groups in total. The summed E-state index contributed by atoms with van der Waals surface area (Å²) in [7, 11) is 0. The van der Waals surface area contributed by atoms with E-state index in [2.05, 4.69) is 0 Å². The van der Waals surface area contributed by atoms with Crippen LogP contribution in [0.2, 0.25) is 0 Å². The number of amides is 2. The smallest absolute Gasteiger partial charge is 0.232 e. The Morgan fingerprint density at radius 2 is 1.70 bits per heavy atom. The zero-order valence-corrected chi connectivity index (χ0v) is 14.1. The Morgan fingerprint density at radius 1 is 1.09 bits per heavy atom. The third kappa shape index (κ3) is 3.71. The van der Waals surface area contributed by atoms with Crippen molar-refractivity contribution in [2.45, 2.75) is 39.0 Å². The summed E-state index contributed by atoms with van der Waals surface area (Å²) in [4.78, 5) is 28.3. The van der Waals surface area contributed by atoms with Crippen molar-refractivity contribution in [2.75, 3.05) is 26.2 Å². The van der Waals surface area contributed by atoms with E-state index in [0.717, 1.165) is 6.42 Å². The molecule has 4 nitrogen and oxygen atoms in total. The highest BCUT2D eigenvalue weighted by Crippen LogP contribution is 2.28. The van der Waals surface area contributed by atoms with Gasteiger partial charge in [0.05, 0.1) is 5.41 Å². The maximum absolute atomic E-state index is 14.1. The SMILES string of the molecule is CCC(=O)N1CCCN(C(=O)C(C)(C)c2ccccc2F)CC1. The molecule has 1 fully saturated rings. The second-order valence-corrected chi connectivity index (χ2v) is 6.48.